The number of hydrogen-bond acceptors (Lipinski definition) is 3. The van der Waals surface area contributed by atoms with E-state index in [-0.39, 0.29) is 4.90 Å². The number of benzene rings is 2. The van der Waals surface area contributed by atoms with E-state index in [0.717, 1.165) is 18.1 Å². The standard InChI is InChI=1S/C15H17FN2O2S/c1-11-2-5-13(16)10-15(11)21(19,20)18-14-6-3-12(4-7-14)8-9-17/h2-7,10,18H,8-9,17H2,1H3. The fourth-order valence-electron chi connectivity index (χ4n) is 1.98. The third-order valence-electron chi connectivity index (χ3n) is 3.08. The van der Waals surface area contributed by atoms with Gasteiger partial charge in [0.2, 0.25) is 0 Å². The predicted octanol–water partition coefficient (Wildman–Crippen LogP) is 2.44. The molecule has 0 aliphatic carbocycles. The highest BCUT2D eigenvalue weighted by Gasteiger charge is 2.17. The van der Waals surface area contributed by atoms with E-state index in [2.05, 4.69) is 4.72 Å². The van der Waals surface area contributed by atoms with Gasteiger partial charge < -0.3 is 5.73 Å². The molecule has 3 N–H and O–H groups in total. The van der Waals surface area contributed by atoms with Gasteiger partial charge in [-0.1, -0.05) is 18.2 Å². The van der Waals surface area contributed by atoms with Gasteiger partial charge in [0.15, 0.2) is 0 Å². The average molecular weight is 308 g/mol. The van der Waals surface area contributed by atoms with E-state index in [1.807, 2.05) is 12.1 Å². The van der Waals surface area contributed by atoms with Gasteiger partial charge in [-0.2, -0.15) is 0 Å². The van der Waals surface area contributed by atoms with Gasteiger partial charge in [-0.15, -0.1) is 0 Å². The van der Waals surface area contributed by atoms with Crippen LogP contribution in [0, 0.1) is 12.7 Å². The van der Waals surface area contributed by atoms with E-state index >= 15 is 0 Å². The van der Waals surface area contributed by atoms with Crippen molar-refractivity contribution in [3.63, 3.8) is 0 Å². The van der Waals surface area contributed by atoms with E-state index in [9.17, 15) is 12.8 Å². The number of hydrogen-bond donors (Lipinski definition) is 2. The Morgan fingerprint density at radius 1 is 1.14 bits per heavy atom. The van der Waals surface area contributed by atoms with Crippen LogP contribution >= 0.6 is 0 Å². The number of nitrogens with one attached hydrogen (secondary N) is 1. The Labute approximate surface area is 123 Å². The highest BCUT2D eigenvalue weighted by molar-refractivity contribution is 7.92. The summed E-state index contributed by atoms with van der Waals surface area (Å²) < 4.78 is 40.3. The van der Waals surface area contributed by atoms with Crippen LogP contribution in [0.3, 0.4) is 0 Å². The molecule has 6 heteroatoms. The molecule has 0 fully saturated rings. The second-order valence-corrected chi connectivity index (χ2v) is 6.40. The summed E-state index contributed by atoms with van der Waals surface area (Å²) in [6.45, 7) is 2.16. The molecule has 112 valence electrons. The van der Waals surface area contributed by atoms with E-state index in [4.69, 9.17) is 5.73 Å². The molecular weight excluding hydrogens is 291 g/mol. The average Bonchev–Trinajstić information content (AvgIpc) is 2.43. The molecule has 2 rings (SSSR count). The predicted molar refractivity (Wildman–Crippen MR) is 81.1 cm³/mol. The van der Waals surface area contributed by atoms with Crippen molar-refractivity contribution in [2.75, 3.05) is 11.3 Å². The number of rotatable bonds is 5. The smallest absolute Gasteiger partial charge is 0.262 e. The summed E-state index contributed by atoms with van der Waals surface area (Å²) in [5.74, 6) is -0.584. The zero-order valence-electron chi connectivity index (χ0n) is 11.6. The van der Waals surface area contributed by atoms with Crippen LogP contribution in [0.15, 0.2) is 47.4 Å². The molecule has 0 aliphatic rings. The van der Waals surface area contributed by atoms with E-state index in [1.165, 1.54) is 12.1 Å². The van der Waals surface area contributed by atoms with Crippen molar-refractivity contribution in [1.82, 2.24) is 0 Å². The van der Waals surface area contributed by atoms with Gasteiger partial charge in [0.25, 0.3) is 10.0 Å². The van der Waals surface area contributed by atoms with Gasteiger partial charge in [0, 0.05) is 5.69 Å². The molecule has 0 atom stereocenters. The van der Waals surface area contributed by atoms with Crippen LogP contribution in [0.4, 0.5) is 10.1 Å². The highest BCUT2D eigenvalue weighted by Crippen LogP contribution is 2.20. The summed E-state index contributed by atoms with van der Waals surface area (Å²) >= 11 is 0. The summed E-state index contributed by atoms with van der Waals surface area (Å²) in [4.78, 5) is -0.0615. The maximum atomic E-state index is 13.2. The number of nitrogens with two attached hydrogens (primary N) is 1. The Balaban J connectivity index is 2.26. The first-order chi connectivity index (χ1) is 9.92. The Morgan fingerprint density at radius 2 is 1.81 bits per heavy atom. The van der Waals surface area contributed by atoms with Crippen molar-refractivity contribution in [3.05, 3.63) is 59.4 Å². The molecule has 0 spiro atoms. The summed E-state index contributed by atoms with van der Waals surface area (Å²) in [5, 5.41) is 0. The van der Waals surface area contributed by atoms with E-state index in [1.54, 1.807) is 19.1 Å². The lowest BCUT2D eigenvalue weighted by molar-refractivity contribution is 0.594. The minimum atomic E-state index is -3.81. The van der Waals surface area contributed by atoms with Crippen molar-refractivity contribution in [2.24, 2.45) is 5.73 Å². The summed E-state index contributed by atoms with van der Waals surface area (Å²) in [6.07, 6.45) is 0.732. The van der Waals surface area contributed by atoms with Gasteiger partial charge in [-0.05, 0) is 55.3 Å². The van der Waals surface area contributed by atoms with E-state index < -0.39 is 15.8 Å². The third kappa shape index (κ3) is 3.80. The zero-order chi connectivity index (χ0) is 15.5. The van der Waals surface area contributed by atoms with Crippen molar-refractivity contribution < 1.29 is 12.8 Å². The van der Waals surface area contributed by atoms with Crippen molar-refractivity contribution in [1.29, 1.82) is 0 Å². The van der Waals surface area contributed by atoms with Gasteiger partial charge in [-0.25, -0.2) is 12.8 Å². The minimum Gasteiger partial charge on any atom is -0.330 e. The molecule has 0 saturated carbocycles. The quantitative estimate of drug-likeness (QED) is 0.891. The molecule has 2 aromatic rings. The molecule has 4 nitrogen and oxygen atoms in total. The van der Waals surface area contributed by atoms with Crippen LogP contribution in [0.5, 0.6) is 0 Å². The lowest BCUT2D eigenvalue weighted by Gasteiger charge is -2.11. The molecule has 0 unspecified atom stereocenters. The first-order valence-corrected chi connectivity index (χ1v) is 7.98. The van der Waals surface area contributed by atoms with Crippen LogP contribution in [0.2, 0.25) is 0 Å². The second kappa shape index (κ2) is 6.24. The van der Waals surface area contributed by atoms with Crippen LogP contribution in [0.25, 0.3) is 0 Å². The lowest BCUT2D eigenvalue weighted by atomic mass is 10.1. The maximum absolute atomic E-state index is 13.2. The Kier molecular flexibility index (Phi) is 4.59. The monoisotopic (exact) mass is 308 g/mol. The fourth-order valence-corrected chi connectivity index (χ4v) is 3.30. The number of aryl methyl sites for hydroxylation is 1. The molecule has 0 aliphatic heterocycles. The van der Waals surface area contributed by atoms with Crippen LogP contribution in [-0.4, -0.2) is 15.0 Å². The highest BCUT2D eigenvalue weighted by atomic mass is 32.2. The summed E-state index contributed by atoms with van der Waals surface area (Å²) in [6, 6.07) is 10.6. The van der Waals surface area contributed by atoms with Gasteiger partial charge in [0.05, 0.1) is 4.90 Å². The maximum Gasteiger partial charge on any atom is 0.262 e. The van der Waals surface area contributed by atoms with E-state index in [0.29, 0.717) is 17.8 Å². The fraction of sp³-hybridized carbons (Fsp3) is 0.200. The topological polar surface area (TPSA) is 72.2 Å². The van der Waals surface area contributed by atoms with Crippen molar-refractivity contribution in [2.45, 2.75) is 18.2 Å². The van der Waals surface area contributed by atoms with Crippen molar-refractivity contribution in [3.8, 4) is 0 Å². The van der Waals surface area contributed by atoms with Crippen LogP contribution in [-0.2, 0) is 16.4 Å². The lowest BCUT2D eigenvalue weighted by Crippen LogP contribution is -2.14. The summed E-state index contributed by atoms with van der Waals surface area (Å²) in [5.41, 5.74) is 7.41. The zero-order valence-corrected chi connectivity index (χ0v) is 12.5. The molecular formula is C15H17FN2O2S. The molecule has 2 aromatic carbocycles. The molecule has 0 radical (unpaired) electrons. The normalized spacial score (nSPS) is 11.4. The molecule has 0 heterocycles. The van der Waals surface area contributed by atoms with Crippen LogP contribution < -0.4 is 10.5 Å². The second-order valence-electron chi connectivity index (χ2n) is 4.75. The third-order valence-corrected chi connectivity index (χ3v) is 4.60. The SMILES string of the molecule is Cc1ccc(F)cc1S(=O)(=O)Nc1ccc(CCN)cc1. The molecule has 0 aromatic heterocycles. The first-order valence-electron chi connectivity index (χ1n) is 6.50. The van der Waals surface area contributed by atoms with Gasteiger partial charge >= 0.3 is 0 Å². The number of anilines is 1. The largest absolute Gasteiger partial charge is 0.330 e. The first kappa shape index (κ1) is 15.5. The van der Waals surface area contributed by atoms with Crippen LogP contribution in [0.1, 0.15) is 11.1 Å². The summed E-state index contributed by atoms with van der Waals surface area (Å²) in [7, 11) is -3.81. The number of sulfonamides is 1. The Hall–Kier alpha value is -1.92. The van der Waals surface area contributed by atoms with Crippen molar-refractivity contribution >= 4 is 15.7 Å². The molecule has 0 bridgehead atoms. The Bertz CT molecular complexity index is 728. The molecule has 0 saturated heterocycles. The minimum absolute atomic E-state index is 0.0615. The molecule has 21 heavy (non-hydrogen) atoms. The molecule has 0 amide bonds. The van der Waals surface area contributed by atoms with Gasteiger partial charge in [-0.3, -0.25) is 4.72 Å². The number of halogens is 1. The van der Waals surface area contributed by atoms with Gasteiger partial charge in [0.1, 0.15) is 5.82 Å². The Morgan fingerprint density at radius 3 is 2.43 bits per heavy atom.